The van der Waals surface area contributed by atoms with E-state index < -0.39 is 11.8 Å². The van der Waals surface area contributed by atoms with E-state index in [0.717, 1.165) is 19.3 Å². The Labute approximate surface area is 175 Å². The van der Waals surface area contributed by atoms with Crippen molar-refractivity contribution < 1.29 is 9.59 Å². The summed E-state index contributed by atoms with van der Waals surface area (Å²) < 4.78 is 1.32. The van der Waals surface area contributed by atoms with Gasteiger partial charge in [-0.2, -0.15) is 9.78 Å². The molecule has 0 saturated heterocycles. The van der Waals surface area contributed by atoms with E-state index in [9.17, 15) is 14.4 Å². The van der Waals surface area contributed by atoms with Crippen LogP contribution in [-0.2, 0) is 9.59 Å². The standard InChI is InChI=1S/C21H28N6O3/c1-13(2)16-12-18(28)25-21(23-16)27-17(11-14(3)26-27)24-20(30)19(29)22-10-9-15-7-5-4-6-8-15/h7,11-13H,4-6,8-10H2,1-3H3,(H,22,29)(H,24,30)(H,23,25,28). The van der Waals surface area contributed by atoms with E-state index in [0.29, 0.717) is 17.9 Å². The molecule has 0 saturated carbocycles. The van der Waals surface area contributed by atoms with Gasteiger partial charge in [0, 0.05) is 18.7 Å². The smallest absolute Gasteiger partial charge is 0.314 e. The summed E-state index contributed by atoms with van der Waals surface area (Å²) >= 11 is 0. The van der Waals surface area contributed by atoms with E-state index in [1.165, 1.54) is 29.2 Å². The third-order valence-corrected chi connectivity index (χ3v) is 4.94. The van der Waals surface area contributed by atoms with E-state index >= 15 is 0 Å². The van der Waals surface area contributed by atoms with Gasteiger partial charge in [-0.15, -0.1) is 0 Å². The largest absolute Gasteiger partial charge is 0.348 e. The summed E-state index contributed by atoms with van der Waals surface area (Å²) in [6, 6.07) is 3.04. The van der Waals surface area contributed by atoms with Crippen molar-refractivity contribution in [2.75, 3.05) is 11.9 Å². The lowest BCUT2D eigenvalue weighted by Crippen LogP contribution is -2.36. The number of allylic oxidation sites excluding steroid dienone is 1. The molecule has 0 aliphatic heterocycles. The molecule has 0 aromatic carbocycles. The number of nitrogens with one attached hydrogen (secondary N) is 3. The Kier molecular flexibility index (Phi) is 6.81. The fraction of sp³-hybridized carbons (Fsp3) is 0.476. The van der Waals surface area contributed by atoms with E-state index in [-0.39, 0.29) is 23.2 Å². The minimum atomic E-state index is -0.795. The second-order valence-electron chi connectivity index (χ2n) is 7.80. The van der Waals surface area contributed by atoms with Gasteiger partial charge in [-0.3, -0.25) is 19.4 Å². The van der Waals surface area contributed by atoms with E-state index in [2.05, 4.69) is 31.8 Å². The molecule has 9 heteroatoms. The minimum Gasteiger partial charge on any atom is -0.348 e. The number of aromatic nitrogens is 4. The topological polar surface area (TPSA) is 122 Å². The molecule has 0 spiro atoms. The molecule has 2 heterocycles. The van der Waals surface area contributed by atoms with Crippen LogP contribution in [0.3, 0.4) is 0 Å². The van der Waals surface area contributed by atoms with Crippen LogP contribution in [0.2, 0.25) is 0 Å². The van der Waals surface area contributed by atoms with Crippen molar-refractivity contribution in [2.24, 2.45) is 0 Å². The molecule has 160 valence electrons. The molecule has 0 fully saturated rings. The van der Waals surface area contributed by atoms with Crippen molar-refractivity contribution in [1.29, 1.82) is 0 Å². The summed E-state index contributed by atoms with van der Waals surface area (Å²) in [5.74, 6) is -1.03. The molecule has 0 unspecified atom stereocenters. The van der Waals surface area contributed by atoms with Gasteiger partial charge in [0.05, 0.1) is 11.4 Å². The Balaban J connectivity index is 1.68. The lowest BCUT2D eigenvalue weighted by molar-refractivity contribution is -0.136. The molecule has 3 N–H and O–H groups in total. The van der Waals surface area contributed by atoms with Gasteiger partial charge < -0.3 is 10.6 Å². The molecule has 2 amide bonds. The lowest BCUT2D eigenvalue weighted by atomic mass is 9.97. The molecular formula is C21H28N6O3. The zero-order chi connectivity index (χ0) is 21.7. The molecule has 1 aliphatic carbocycles. The fourth-order valence-electron chi connectivity index (χ4n) is 3.33. The summed E-state index contributed by atoms with van der Waals surface area (Å²) in [6.07, 6.45) is 7.51. The van der Waals surface area contributed by atoms with Crippen LogP contribution < -0.4 is 16.2 Å². The number of hydrogen-bond acceptors (Lipinski definition) is 5. The Hall–Kier alpha value is -3.23. The first-order chi connectivity index (χ1) is 14.3. The third kappa shape index (κ3) is 5.43. The van der Waals surface area contributed by atoms with Crippen LogP contribution >= 0.6 is 0 Å². The Morgan fingerprint density at radius 3 is 2.73 bits per heavy atom. The molecule has 30 heavy (non-hydrogen) atoms. The van der Waals surface area contributed by atoms with Crippen LogP contribution in [0.1, 0.15) is 63.3 Å². The number of rotatable bonds is 6. The summed E-state index contributed by atoms with van der Waals surface area (Å²) in [6.45, 7) is 6.02. The van der Waals surface area contributed by atoms with Gasteiger partial charge in [0.2, 0.25) is 5.95 Å². The lowest BCUT2D eigenvalue weighted by Gasteiger charge is -2.13. The highest BCUT2D eigenvalue weighted by atomic mass is 16.2. The molecule has 0 radical (unpaired) electrons. The van der Waals surface area contributed by atoms with Gasteiger partial charge in [0.15, 0.2) is 0 Å². The number of hydrogen-bond donors (Lipinski definition) is 3. The van der Waals surface area contributed by atoms with Crippen molar-refractivity contribution in [3.8, 4) is 5.95 Å². The number of nitrogens with zero attached hydrogens (tertiary/aromatic N) is 3. The van der Waals surface area contributed by atoms with Gasteiger partial charge in [-0.05, 0) is 44.9 Å². The summed E-state index contributed by atoms with van der Waals surface area (Å²) in [7, 11) is 0. The first-order valence-electron chi connectivity index (χ1n) is 10.3. The maximum Gasteiger partial charge on any atom is 0.314 e. The summed E-state index contributed by atoms with van der Waals surface area (Å²) in [4.78, 5) is 43.6. The van der Waals surface area contributed by atoms with Crippen LogP contribution in [0, 0.1) is 6.92 Å². The Morgan fingerprint density at radius 1 is 1.23 bits per heavy atom. The number of aryl methyl sites for hydroxylation is 1. The number of amides is 2. The van der Waals surface area contributed by atoms with Crippen molar-refractivity contribution >= 4 is 17.6 Å². The number of carbonyl (C=O) groups is 2. The van der Waals surface area contributed by atoms with Crippen molar-refractivity contribution in [3.05, 3.63) is 45.5 Å². The van der Waals surface area contributed by atoms with Crippen LogP contribution in [0.15, 0.2) is 28.6 Å². The van der Waals surface area contributed by atoms with E-state index in [1.807, 2.05) is 13.8 Å². The highest BCUT2D eigenvalue weighted by molar-refractivity contribution is 6.39. The average molecular weight is 412 g/mol. The Bertz CT molecular complexity index is 1020. The predicted molar refractivity (Wildman–Crippen MR) is 114 cm³/mol. The second kappa shape index (κ2) is 9.51. The highest BCUT2D eigenvalue weighted by Crippen LogP contribution is 2.19. The zero-order valence-corrected chi connectivity index (χ0v) is 17.6. The SMILES string of the molecule is Cc1cc(NC(=O)C(=O)NCCC2=CCCCC2)n(-c2nc(C(C)C)cc(=O)[nH]2)n1. The molecule has 0 bridgehead atoms. The minimum absolute atomic E-state index is 0.0470. The van der Waals surface area contributed by atoms with Crippen molar-refractivity contribution in [3.63, 3.8) is 0 Å². The maximum atomic E-state index is 12.4. The quantitative estimate of drug-likeness (QED) is 0.497. The molecule has 9 nitrogen and oxygen atoms in total. The number of H-pyrrole nitrogens is 1. The normalized spacial score (nSPS) is 13.8. The zero-order valence-electron chi connectivity index (χ0n) is 17.6. The average Bonchev–Trinajstić information content (AvgIpc) is 3.08. The first kappa shape index (κ1) is 21.5. The third-order valence-electron chi connectivity index (χ3n) is 4.94. The van der Waals surface area contributed by atoms with Gasteiger partial charge in [0.25, 0.3) is 5.56 Å². The van der Waals surface area contributed by atoms with Crippen LogP contribution in [0.25, 0.3) is 5.95 Å². The predicted octanol–water partition coefficient (Wildman–Crippen LogP) is 2.33. The maximum absolute atomic E-state index is 12.4. The van der Waals surface area contributed by atoms with Crippen LogP contribution in [0.5, 0.6) is 0 Å². The highest BCUT2D eigenvalue weighted by Gasteiger charge is 2.19. The van der Waals surface area contributed by atoms with Gasteiger partial charge in [-0.1, -0.05) is 25.5 Å². The van der Waals surface area contributed by atoms with Crippen LogP contribution in [0.4, 0.5) is 5.82 Å². The van der Waals surface area contributed by atoms with Crippen LogP contribution in [-0.4, -0.2) is 38.1 Å². The Morgan fingerprint density at radius 2 is 2.03 bits per heavy atom. The fourth-order valence-corrected chi connectivity index (χ4v) is 3.33. The molecule has 3 rings (SSSR count). The second-order valence-corrected chi connectivity index (χ2v) is 7.80. The molecule has 2 aromatic heterocycles. The molecule has 0 atom stereocenters. The first-order valence-corrected chi connectivity index (χ1v) is 10.3. The van der Waals surface area contributed by atoms with Gasteiger partial charge in [0.1, 0.15) is 5.82 Å². The number of carbonyl (C=O) groups excluding carboxylic acids is 2. The van der Waals surface area contributed by atoms with E-state index in [1.54, 1.807) is 13.0 Å². The molecule has 1 aliphatic rings. The summed E-state index contributed by atoms with van der Waals surface area (Å²) in [5.41, 5.74) is 2.22. The van der Waals surface area contributed by atoms with E-state index in [4.69, 9.17) is 0 Å². The van der Waals surface area contributed by atoms with Crippen molar-refractivity contribution in [2.45, 2.75) is 58.8 Å². The number of anilines is 1. The van der Waals surface area contributed by atoms with Gasteiger partial charge in [-0.25, -0.2) is 4.98 Å². The summed E-state index contributed by atoms with van der Waals surface area (Å²) in [5, 5.41) is 9.50. The number of aromatic amines is 1. The monoisotopic (exact) mass is 412 g/mol. The molecule has 2 aromatic rings. The molecular weight excluding hydrogens is 384 g/mol. The van der Waals surface area contributed by atoms with Crippen molar-refractivity contribution in [1.82, 2.24) is 25.1 Å². The van der Waals surface area contributed by atoms with Gasteiger partial charge >= 0.3 is 11.8 Å².